The van der Waals surface area contributed by atoms with E-state index in [0.29, 0.717) is 0 Å². The van der Waals surface area contributed by atoms with Crippen molar-refractivity contribution in [1.29, 1.82) is 0 Å². The summed E-state index contributed by atoms with van der Waals surface area (Å²) in [7, 11) is 0. The Morgan fingerprint density at radius 1 is 0.900 bits per heavy atom. The second-order valence-electron chi connectivity index (χ2n) is 4.54. The minimum atomic E-state index is -0.350. The largest absolute Gasteiger partial charge is 0.322 e. The van der Waals surface area contributed by atoms with Crippen molar-refractivity contribution in [3.05, 3.63) is 72.8 Å². The van der Waals surface area contributed by atoms with E-state index in [9.17, 15) is 4.79 Å². The highest BCUT2D eigenvalue weighted by Crippen LogP contribution is 2.22. The van der Waals surface area contributed by atoms with E-state index in [0.717, 1.165) is 16.9 Å². The van der Waals surface area contributed by atoms with E-state index in [1.807, 2.05) is 76.4 Å². The lowest BCUT2D eigenvalue weighted by atomic mass is 10.1. The zero-order valence-corrected chi connectivity index (χ0v) is 11.5. The summed E-state index contributed by atoms with van der Waals surface area (Å²) in [5, 5.41) is -0.350. The van der Waals surface area contributed by atoms with Crippen LogP contribution in [0.2, 0.25) is 0 Å². The molecule has 0 unspecified atom stereocenters. The Kier molecular flexibility index (Phi) is 3.44. The first-order valence-electron chi connectivity index (χ1n) is 6.32. The van der Waals surface area contributed by atoms with Crippen LogP contribution in [0.4, 0.5) is 0 Å². The van der Waals surface area contributed by atoms with Gasteiger partial charge >= 0.3 is 0 Å². The number of halogens is 1. The third-order valence-electron chi connectivity index (χ3n) is 3.15. The van der Waals surface area contributed by atoms with Crippen molar-refractivity contribution in [3.8, 4) is 11.4 Å². The van der Waals surface area contributed by atoms with E-state index < -0.39 is 0 Å². The Morgan fingerprint density at radius 3 is 2.00 bits per heavy atom. The first-order valence-corrected chi connectivity index (χ1v) is 6.70. The van der Waals surface area contributed by atoms with Crippen LogP contribution < -0.4 is 0 Å². The van der Waals surface area contributed by atoms with Crippen LogP contribution >= 0.6 is 11.6 Å². The SMILES string of the molecule is O=C(Cl)Cc1ccc(-n2cccc2)c(-n2cccc2)c1. The van der Waals surface area contributed by atoms with Gasteiger partial charge in [-0.3, -0.25) is 4.79 Å². The maximum absolute atomic E-state index is 11.1. The van der Waals surface area contributed by atoms with Crippen LogP contribution in [0.25, 0.3) is 11.4 Å². The van der Waals surface area contributed by atoms with Gasteiger partial charge in [0, 0.05) is 31.2 Å². The van der Waals surface area contributed by atoms with Gasteiger partial charge < -0.3 is 9.13 Å². The highest BCUT2D eigenvalue weighted by molar-refractivity contribution is 6.63. The predicted molar refractivity (Wildman–Crippen MR) is 79.7 cm³/mol. The van der Waals surface area contributed by atoms with Gasteiger partial charge in [0.1, 0.15) is 0 Å². The Labute approximate surface area is 122 Å². The molecule has 4 heteroatoms. The molecule has 3 aromatic rings. The second-order valence-corrected chi connectivity index (χ2v) is 4.96. The minimum Gasteiger partial charge on any atom is -0.322 e. The van der Waals surface area contributed by atoms with Crippen LogP contribution in [0, 0.1) is 0 Å². The molecular weight excluding hydrogens is 272 g/mol. The third kappa shape index (κ3) is 2.53. The molecule has 0 N–H and O–H groups in total. The molecular formula is C16H13ClN2O. The lowest BCUT2D eigenvalue weighted by Crippen LogP contribution is -2.02. The van der Waals surface area contributed by atoms with Gasteiger partial charge in [-0.15, -0.1) is 0 Å². The molecule has 0 aliphatic heterocycles. The molecule has 0 aliphatic carbocycles. The molecule has 100 valence electrons. The van der Waals surface area contributed by atoms with Gasteiger partial charge in [0.15, 0.2) is 0 Å². The first-order chi connectivity index (χ1) is 9.74. The van der Waals surface area contributed by atoms with E-state index in [1.54, 1.807) is 0 Å². The molecule has 3 rings (SSSR count). The fourth-order valence-electron chi connectivity index (χ4n) is 2.25. The molecule has 0 radical (unpaired) electrons. The molecule has 0 amide bonds. The summed E-state index contributed by atoms with van der Waals surface area (Å²) < 4.78 is 4.07. The number of carbonyl (C=O) groups is 1. The first kappa shape index (κ1) is 12.8. The van der Waals surface area contributed by atoms with E-state index in [4.69, 9.17) is 11.6 Å². The molecule has 0 saturated carbocycles. The normalized spacial score (nSPS) is 10.7. The maximum Gasteiger partial charge on any atom is 0.226 e. The van der Waals surface area contributed by atoms with Gasteiger partial charge in [-0.05, 0) is 53.6 Å². The summed E-state index contributed by atoms with van der Waals surface area (Å²) in [6.45, 7) is 0. The summed E-state index contributed by atoms with van der Waals surface area (Å²) in [4.78, 5) is 11.1. The number of nitrogens with zero attached hydrogens (tertiary/aromatic N) is 2. The molecule has 0 fully saturated rings. The molecule has 20 heavy (non-hydrogen) atoms. The molecule has 0 aliphatic rings. The van der Waals surface area contributed by atoms with Gasteiger partial charge in [-0.25, -0.2) is 0 Å². The lowest BCUT2D eigenvalue weighted by molar-refractivity contribution is -0.111. The summed E-state index contributed by atoms with van der Waals surface area (Å²) in [5.74, 6) is 0. The molecule has 0 atom stereocenters. The number of carbonyl (C=O) groups excluding carboxylic acids is 1. The van der Waals surface area contributed by atoms with Crippen LogP contribution in [0.3, 0.4) is 0 Å². The Morgan fingerprint density at radius 2 is 1.45 bits per heavy atom. The summed E-state index contributed by atoms with van der Waals surface area (Å²) in [5.41, 5.74) is 2.98. The molecule has 3 nitrogen and oxygen atoms in total. The third-order valence-corrected chi connectivity index (χ3v) is 3.28. The van der Waals surface area contributed by atoms with Gasteiger partial charge in [-0.2, -0.15) is 0 Å². The number of aromatic nitrogens is 2. The maximum atomic E-state index is 11.1. The monoisotopic (exact) mass is 284 g/mol. The summed E-state index contributed by atoms with van der Waals surface area (Å²) in [6.07, 6.45) is 8.19. The topological polar surface area (TPSA) is 26.9 Å². The van der Waals surface area contributed by atoms with Crippen LogP contribution in [-0.2, 0) is 11.2 Å². The quantitative estimate of drug-likeness (QED) is 0.673. The predicted octanol–water partition coefficient (Wildman–Crippen LogP) is 3.58. The van der Waals surface area contributed by atoms with Crippen molar-refractivity contribution < 1.29 is 4.79 Å². The summed E-state index contributed by atoms with van der Waals surface area (Å²) >= 11 is 5.48. The Bertz CT molecular complexity index is 715. The van der Waals surface area contributed by atoms with Crippen LogP contribution in [0.15, 0.2) is 67.3 Å². The van der Waals surface area contributed by atoms with Crippen molar-refractivity contribution in [2.75, 3.05) is 0 Å². The Hall–Kier alpha value is -2.26. The van der Waals surface area contributed by atoms with Crippen LogP contribution in [0.1, 0.15) is 5.56 Å². The molecule has 1 aromatic carbocycles. The number of benzene rings is 1. The lowest BCUT2D eigenvalue weighted by Gasteiger charge is -2.13. The highest BCUT2D eigenvalue weighted by Gasteiger charge is 2.08. The fraction of sp³-hybridized carbons (Fsp3) is 0.0625. The zero-order valence-electron chi connectivity index (χ0n) is 10.7. The van der Waals surface area contributed by atoms with E-state index in [2.05, 4.69) is 0 Å². The van der Waals surface area contributed by atoms with Crippen molar-refractivity contribution in [2.45, 2.75) is 6.42 Å². The van der Waals surface area contributed by atoms with Gasteiger partial charge in [0.2, 0.25) is 5.24 Å². The van der Waals surface area contributed by atoms with Crippen LogP contribution in [-0.4, -0.2) is 14.4 Å². The van der Waals surface area contributed by atoms with Crippen molar-refractivity contribution in [3.63, 3.8) is 0 Å². The summed E-state index contributed by atoms with van der Waals surface area (Å²) in [6, 6.07) is 13.8. The molecule has 0 spiro atoms. The number of hydrogen-bond acceptors (Lipinski definition) is 1. The van der Waals surface area contributed by atoms with Gasteiger partial charge in [0.05, 0.1) is 11.4 Å². The highest BCUT2D eigenvalue weighted by atomic mass is 35.5. The Balaban J connectivity index is 2.13. The van der Waals surface area contributed by atoms with Crippen molar-refractivity contribution in [2.24, 2.45) is 0 Å². The standard InChI is InChI=1S/C16H13ClN2O/c17-16(20)12-13-5-6-14(18-7-1-2-8-18)15(11-13)19-9-3-4-10-19/h1-11H,12H2. The number of hydrogen-bond donors (Lipinski definition) is 0. The smallest absolute Gasteiger partial charge is 0.226 e. The molecule has 0 bridgehead atoms. The number of rotatable bonds is 4. The minimum absolute atomic E-state index is 0.238. The molecule has 0 saturated heterocycles. The van der Waals surface area contributed by atoms with E-state index >= 15 is 0 Å². The van der Waals surface area contributed by atoms with Gasteiger partial charge in [-0.1, -0.05) is 6.07 Å². The fourth-order valence-corrected chi connectivity index (χ4v) is 2.41. The zero-order chi connectivity index (χ0) is 13.9. The molecule has 2 aromatic heterocycles. The average Bonchev–Trinajstić information content (AvgIpc) is 3.11. The van der Waals surface area contributed by atoms with E-state index in [1.165, 1.54) is 0 Å². The van der Waals surface area contributed by atoms with E-state index in [-0.39, 0.29) is 11.7 Å². The van der Waals surface area contributed by atoms with Crippen molar-refractivity contribution >= 4 is 16.8 Å². The van der Waals surface area contributed by atoms with Crippen molar-refractivity contribution in [1.82, 2.24) is 9.13 Å². The average molecular weight is 285 g/mol. The second kappa shape index (κ2) is 5.39. The van der Waals surface area contributed by atoms with Gasteiger partial charge in [0.25, 0.3) is 0 Å². The molecule has 2 heterocycles. The van der Waals surface area contributed by atoms with Crippen LogP contribution in [0.5, 0.6) is 0 Å².